The van der Waals surface area contributed by atoms with Gasteiger partial charge in [0.05, 0.1) is 0 Å². The van der Waals surface area contributed by atoms with Gasteiger partial charge in [0.15, 0.2) is 0 Å². The summed E-state index contributed by atoms with van der Waals surface area (Å²) in [6.45, 7) is 4.39. The van der Waals surface area contributed by atoms with E-state index in [1.54, 1.807) is 25.4 Å². The van der Waals surface area contributed by atoms with Gasteiger partial charge >= 0.3 is 0 Å². The maximum Gasteiger partial charge on any atom is 0.269 e. The molecule has 0 aliphatic carbocycles. The molecule has 0 aliphatic rings. The number of hydrogen-bond acceptors (Lipinski definition) is 3. The molecule has 0 aliphatic heterocycles. The van der Waals surface area contributed by atoms with E-state index >= 15 is 0 Å². The molecule has 0 saturated heterocycles. The molecule has 1 N–H and O–H groups in total. The van der Waals surface area contributed by atoms with Crippen LogP contribution in [0, 0.1) is 5.92 Å². The molecule has 4 heteroatoms. The van der Waals surface area contributed by atoms with Gasteiger partial charge in [-0.15, -0.1) is 0 Å². The van der Waals surface area contributed by atoms with Crippen molar-refractivity contribution in [1.29, 1.82) is 0 Å². The molecule has 0 bridgehead atoms. The number of carbonyl (C=O) groups excluding carboxylic acids is 1. The molecule has 1 aromatic carbocycles. The first-order valence-corrected chi connectivity index (χ1v) is 7.03. The third-order valence-corrected chi connectivity index (χ3v) is 2.99. The van der Waals surface area contributed by atoms with Crippen LogP contribution in [0.15, 0.2) is 42.6 Å². The fourth-order valence-corrected chi connectivity index (χ4v) is 2.03. The van der Waals surface area contributed by atoms with Crippen LogP contribution in [0.1, 0.15) is 29.9 Å². The molecular weight excluding hydrogens is 264 g/mol. The quantitative estimate of drug-likeness (QED) is 0.915. The monoisotopic (exact) mass is 284 g/mol. The summed E-state index contributed by atoms with van der Waals surface area (Å²) in [7, 11) is 1.57. The predicted octanol–water partition coefficient (Wildman–Crippen LogP) is 3.43. The van der Waals surface area contributed by atoms with E-state index in [1.165, 1.54) is 5.56 Å². The van der Waals surface area contributed by atoms with Crippen LogP contribution in [-0.2, 0) is 6.42 Å². The number of benzene rings is 1. The fourth-order valence-electron chi connectivity index (χ4n) is 2.03. The Hall–Kier alpha value is -2.36. The molecule has 2 rings (SSSR count). The number of amides is 1. The summed E-state index contributed by atoms with van der Waals surface area (Å²) in [5.74, 6) is 1.75. The van der Waals surface area contributed by atoms with Gasteiger partial charge in [-0.3, -0.25) is 9.78 Å². The van der Waals surface area contributed by atoms with Crippen LogP contribution in [0.5, 0.6) is 11.5 Å². The minimum absolute atomic E-state index is 0.229. The van der Waals surface area contributed by atoms with Crippen molar-refractivity contribution < 1.29 is 9.53 Å². The average Bonchev–Trinajstić information content (AvgIpc) is 2.48. The van der Waals surface area contributed by atoms with E-state index in [4.69, 9.17) is 4.74 Å². The van der Waals surface area contributed by atoms with E-state index in [9.17, 15) is 4.79 Å². The molecule has 2 aromatic rings. The fraction of sp³-hybridized carbons (Fsp3) is 0.294. The van der Waals surface area contributed by atoms with E-state index in [1.807, 2.05) is 12.1 Å². The van der Waals surface area contributed by atoms with Crippen molar-refractivity contribution in [2.75, 3.05) is 7.05 Å². The first kappa shape index (κ1) is 15.0. The Balaban J connectivity index is 2.09. The van der Waals surface area contributed by atoms with Crippen molar-refractivity contribution in [3.63, 3.8) is 0 Å². The Labute approximate surface area is 125 Å². The summed E-state index contributed by atoms with van der Waals surface area (Å²) in [4.78, 5) is 15.5. The van der Waals surface area contributed by atoms with E-state index in [0.717, 1.165) is 12.2 Å². The van der Waals surface area contributed by atoms with Crippen LogP contribution in [0.2, 0.25) is 0 Å². The number of aromatic nitrogens is 1. The Kier molecular flexibility index (Phi) is 4.93. The topological polar surface area (TPSA) is 51.2 Å². The smallest absolute Gasteiger partial charge is 0.269 e. The van der Waals surface area contributed by atoms with E-state index in [2.05, 4.69) is 36.3 Å². The SMILES string of the molecule is CNC(=O)c1cc(Oc2ccc(CC(C)C)cc2)ccn1. The maximum absolute atomic E-state index is 11.5. The highest BCUT2D eigenvalue weighted by molar-refractivity contribution is 5.92. The highest BCUT2D eigenvalue weighted by atomic mass is 16.5. The predicted molar refractivity (Wildman–Crippen MR) is 82.7 cm³/mol. The molecule has 1 aromatic heterocycles. The van der Waals surface area contributed by atoms with Gasteiger partial charge in [0.2, 0.25) is 0 Å². The number of carbonyl (C=O) groups is 1. The van der Waals surface area contributed by atoms with Crippen molar-refractivity contribution in [1.82, 2.24) is 10.3 Å². The molecular formula is C17H20N2O2. The number of ether oxygens (including phenoxy) is 1. The van der Waals surface area contributed by atoms with Crippen molar-refractivity contribution in [2.24, 2.45) is 5.92 Å². The van der Waals surface area contributed by atoms with Gasteiger partial charge in [-0.05, 0) is 36.1 Å². The third kappa shape index (κ3) is 4.31. The molecule has 4 nitrogen and oxygen atoms in total. The lowest BCUT2D eigenvalue weighted by Gasteiger charge is -2.09. The molecule has 0 spiro atoms. The number of hydrogen-bond donors (Lipinski definition) is 1. The van der Waals surface area contributed by atoms with Gasteiger partial charge in [0.1, 0.15) is 17.2 Å². The van der Waals surface area contributed by atoms with Crippen molar-refractivity contribution in [3.05, 3.63) is 53.9 Å². The number of nitrogens with zero attached hydrogens (tertiary/aromatic N) is 1. The minimum Gasteiger partial charge on any atom is -0.457 e. The lowest BCUT2D eigenvalue weighted by atomic mass is 10.0. The van der Waals surface area contributed by atoms with Crippen molar-refractivity contribution >= 4 is 5.91 Å². The first-order valence-electron chi connectivity index (χ1n) is 7.03. The van der Waals surface area contributed by atoms with Crippen LogP contribution in [0.3, 0.4) is 0 Å². The number of nitrogens with one attached hydrogen (secondary N) is 1. The van der Waals surface area contributed by atoms with Crippen LogP contribution in [0.4, 0.5) is 0 Å². The second-order valence-electron chi connectivity index (χ2n) is 5.30. The largest absolute Gasteiger partial charge is 0.457 e. The molecule has 1 amide bonds. The third-order valence-electron chi connectivity index (χ3n) is 2.99. The molecule has 0 unspecified atom stereocenters. The molecule has 21 heavy (non-hydrogen) atoms. The zero-order valence-electron chi connectivity index (χ0n) is 12.6. The summed E-state index contributed by atoms with van der Waals surface area (Å²) >= 11 is 0. The molecule has 0 atom stereocenters. The molecule has 1 heterocycles. The van der Waals surface area contributed by atoms with Gasteiger partial charge in [-0.25, -0.2) is 0 Å². The normalized spacial score (nSPS) is 10.5. The second kappa shape index (κ2) is 6.88. The van der Waals surface area contributed by atoms with E-state index in [-0.39, 0.29) is 5.91 Å². The van der Waals surface area contributed by atoms with E-state index < -0.39 is 0 Å². The lowest BCUT2D eigenvalue weighted by Crippen LogP contribution is -2.18. The van der Waals surface area contributed by atoms with Gasteiger partial charge in [-0.1, -0.05) is 26.0 Å². The van der Waals surface area contributed by atoms with Crippen molar-refractivity contribution in [2.45, 2.75) is 20.3 Å². The molecule has 0 saturated carbocycles. The lowest BCUT2D eigenvalue weighted by molar-refractivity contribution is 0.0958. The number of rotatable bonds is 5. The molecule has 0 radical (unpaired) electrons. The van der Waals surface area contributed by atoms with Gasteiger partial charge in [0.25, 0.3) is 5.91 Å². The van der Waals surface area contributed by atoms with Gasteiger partial charge < -0.3 is 10.1 Å². The zero-order valence-corrected chi connectivity index (χ0v) is 12.6. The summed E-state index contributed by atoms with van der Waals surface area (Å²) < 4.78 is 5.75. The highest BCUT2D eigenvalue weighted by Crippen LogP contribution is 2.22. The van der Waals surface area contributed by atoms with E-state index in [0.29, 0.717) is 17.4 Å². The first-order chi connectivity index (χ1) is 10.1. The minimum atomic E-state index is -0.229. The van der Waals surface area contributed by atoms with Crippen LogP contribution < -0.4 is 10.1 Å². The van der Waals surface area contributed by atoms with Crippen LogP contribution in [0.25, 0.3) is 0 Å². The number of pyridine rings is 1. The Morgan fingerprint density at radius 2 is 1.90 bits per heavy atom. The van der Waals surface area contributed by atoms with Crippen LogP contribution in [-0.4, -0.2) is 17.9 Å². The molecule has 0 fully saturated rings. The Bertz CT molecular complexity index is 606. The van der Waals surface area contributed by atoms with Crippen LogP contribution >= 0.6 is 0 Å². The summed E-state index contributed by atoms with van der Waals surface area (Å²) in [6.07, 6.45) is 2.61. The zero-order chi connectivity index (χ0) is 15.2. The summed E-state index contributed by atoms with van der Waals surface area (Å²) in [5, 5.41) is 2.54. The standard InChI is InChI=1S/C17H20N2O2/c1-12(2)10-13-4-6-14(7-5-13)21-15-8-9-19-16(11-15)17(20)18-3/h4-9,11-12H,10H2,1-3H3,(H,18,20). The molecule has 110 valence electrons. The maximum atomic E-state index is 11.5. The van der Waals surface area contributed by atoms with Crippen molar-refractivity contribution in [3.8, 4) is 11.5 Å². The average molecular weight is 284 g/mol. The Morgan fingerprint density at radius 3 is 2.52 bits per heavy atom. The summed E-state index contributed by atoms with van der Waals surface area (Å²) in [6, 6.07) is 11.4. The Morgan fingerprint density at radius 1 is 1.19 bits per heavy atom. The second-order valence-corrected chi connectivity index (χ2v) is 5.30. The highest BCUT2D eigenvalue weighted by Gasteiger charge is 2.07. The summed E-state index contributed by atoms with van der Waals surface area (Å²) in [5.41, 5.74) is 1.63. The van der Waals surface area contributed by atoms with Gasteiger partial charge in [0, 0.05) is 19.3 Å². The van der Waals surface area contributed by atoms with Gasteiger partial charge in [-0.2, -0.15) is 0 Å².